The summed E-state index contributed by atoms with van der Waals surface area (Å²) in [7, 11) is 2.04. The van der Waals surface area contributed by atoms with Crippen molar-refractivity contribution < 1.29 is 13.4 Å². The highest BCUT2D eigenvalue weighted by atomic mass is 19.1. The molecule has 0 radical (unpaired) electrons. The third-order valence-corrected chi connectivity index (χ3v) is 8.04. The number of hydrogen-bond acceptors (Lipinski definition) is 1. The fraction of sp³-hybridized carbons (Fsp3) is 0.324. The van der Waals surface area contributed by atoms with Crippen LogP contribution in [0.3, 0.4) is 0 Å². The van der Waals surface area contributed by atoms with Crippen LogP contribution in [0, 0.1) is 18.2 Å². The van der Waals surface area contributed by atoms with Crippen molar-refractivity contribution >= 4 is 21.9 Å². The van der Waals surface area contributed by atoms with E-state index in [-0.39, 0.29) is 16.6 Å². The summed E-state index contributed by atoms with van der Waals surface area (Å²) in [6.07, 6.45) is 4.11. The smallest absolute Gasteiger partial charge is 0.216 e. The molecule has 0 N–H and O–H groups in total. The van der Waals surface area contributed by atoms with Gasteiger partial charge in [0.1, 0.15) is 24.0 Å². The van der Waals surface area contributed by atoms with Gasteiger partial charge in [0, 0.05) is 22.9 Å². The first-order chi connectivity index (χ1) is 17.4. The Morgan fingerprint density at radius 2 is 1.59 bits per heavy atom. The third-order valence-electron chi connectivity index (χ3n) is 8.04. The molecule has 0 saturated carbocycles. The van der Waals surface area contributed by atoms with Crippen molar-refractivity contribution in [3.63, 3.8) is 0 Å². The van der Waals surface area contributed by atoms with Crippen molar-refractivity contribution in [1.29, 1.82) is 0 Å². The summed E-state index contributed by atoms with van der Waals surface area (Å²) >= 11 is 0. The highest BCUT2D eigenvalue weighted by molar-refractivity contribution is 6.13. The summed E-state index contributed by atoms with van der Waals surface area (Å²) in [6, 6.07) is 18.3. The lowest BCUT2D eigenvalue weighted by atomic mass is 9.80. The topological polar surface area (TPSA) is 17.0 Å². The summed E-state index contributed by atoms with van der Waals surface area (Å²) in [4.78, 5) is 0. The van der Waals surface area contributed by atoms with E-state index in [2.05, 4.69) is 76.4 Å². The zero-order valence-electron chi connectivity index (χ0n) is 22.9. The van der Waals surface area contributed by atoms with Crippen LogP contribution in [-0.4, -0.2) is 0 Å². The van der Waals surface area contributed by atoms with Crippen LogP contribution < -0.4 is 4.57 Å². The quantitative estimate of drug-likeness (QED) is 0.225. The first-order valence-electron chi connectivity index (χ1n) is 13.2. The van der Waals surface area contributed by atoms with Crippen LogP contribution in [0.1, 0.15) is 56.9 Å². The van der Waals surface area contributed by atoms with Gasteiger partial charge in [-0.1, -0.05) is 58.9 Å². The molecule has 6 rings (SSSR count). The van der Waals surface area contributed by atoms with Gasteiger partial charge in [0.2, 0.25) is 5.69 Å². The minimum atomic E-state index is -0.243. The second kappa shape index (κ2) is 8.02. The standard InChI is InChI=1S/C34H35FNO/c1-20-11-12-23-24-13-14-27(35)30(32(24)37-31(23)29(20)28-10-8-9-15-36(28)7)21-16-22-18-34(5,6)19-25(22)26(17-21)33(2,3)4/h8-17H,18-19H2,1-7H3/q+1. The number of fused-ring (bicyclic) bond motifs is 4. The summed E-state index contributed by atoms with van der Waals surface area (Å²) in [5.74, 6) is -0.243. The predicted molar refractivity (Wildman–Crippen MR) is 150 cm³/mol. The van der Waals surface area contributed by atoms with Gasteiger partial charge in [0.05, 0.1) is 11.1 Å². The van der Waals surface area contributed by atoms with Gasteiger partial charge in [0.15, 0.2) is 6.20 Å². The van der Waals surface area contributed by atoms with Gasteiger partial charge in [-0.15, -0.1) is 0 Å². The Balaban J connectivity index is 1.67. The third kappa shape index (κ3) is 3.79. The lowest BCUT2D eigenvalue weighted by Crippen LogP contribution is -2.30. The Labute approximate surface area is 218 Å². The van der Waals surface area contributed by atoms with Crippen LogP contribution in [0.15, 0.2) is 65.2 Å². The molecule has 3 aromatic carbocycles. The SMILES string of the molecule is Cc1ccc2c(oc3c(-c4cc5c(c(C(C)(C)C)c4)CC(C)(C)C5)c(F)ccc32)c1-c1cccc[n+]1C. The number of hydrogen-bond donors (Lipinski definition) is 0. The Hall–Kier alpha value is -3.46. The number of pyridine rings is 1. The van der Waals surface area contributed by atoms with Crippen LogP contribution in [0.4, 0.5) is 4.39 Å². The fourth-order valence-electron chi connectivity index (χ4n) is 6.32. The Morgan fingerprint density at radius 3 is 2.30 bits per heavy atom. The van der Waals surface area contributed by atoms with Crippen molar-refractivity contribution in [3.05, 3.63) is 88.9 Å². The first-order valence-corrected chi connectivity index (χ1v) is 13.2. The van der Waals surface area contributed by atoms with Gasteiger partial charge in [0.25, 0.3) is 0 Å². The molecule has 0 amide bonds. The monoisotopic (exact) mass is 492 g/mol. The lowest BCUT2D eigenvalue weighted by Gasteiger charge is -2.25. The minimum absolute atomic E-state index is 0.0366. The van der Waals surface area contributed by atoms with Crippen LogP contribution in [0.5, 0.6) is 0 Å². The summed E-state index contributed by atoms with van der Waals surface area (Å²) < 4.78 is 24.5. The molecule has 188 valence electrons. The predicted octanol–water partition coefficient (Wildman–Crippen LogP) is 8.61. The second-order valence-corrected chi connectivity index (χ2v) is 12.7. The van der Waals surface area contributed by atoms with Crippen molar-refractivity contribution in [1.82, 2.24) is 0 Å². The molecule has 0 bridgehead atoms. The summed E-state index contributed by atoms with van der Waals surface area (Å²) in [6.45, 7) is 13.5. The highest BCUT2D eigenvalue weighted by Gasteiger charge is 2.34. The number of halogens is 1. The molecular formula is C34H35FNO+. The Kier molecular flexibility index (Phi) is 5.18. The van der Waals surface area contributed by atoms with Gasteiger partial charge in [-0.25, -0.2) is 8.96 Å². The van der Waals surface area contributed by atoms with Crippen LogP contribution >= 0.6 is 0 Å². The molecule has 2 heterocycles. The summed E-state index contributed by atoms with van der Waals surface area (Å²) in [5.41, 5.74) is 10.4. The largest absolute Gasteiger partial charge is 0.454 e. The molecular weight excluding hydrogens is 457 g/mol. The van der Waals surface area contributed by atoms with E-state index in [9.17, 15) is 0 Å². The second-order valence-electron chi connectivity index (χ2n) is 12.7. The fourth-order valence-corrected chi connectivity index (χ4v) is 6.32. The number of aryl methyl sites for hydroxylation is 2. The molecule has 1 aliphatic carbocycles. The zero-order chi connectivity index (χ0) is 26.3. The number of furan rings is 1. The average Bonchev–Trinajstić information content (AvgIpc) is 3.33. The van der Waals surface area contributed by atoms with Crippen molar-refractivity contribution in [3.8, 4) is 22.4 Å². The van der Waals surface area contributed by atoms with Crippen molar-refractivity contribution in [2.24, 2.45) is 12.5 Å². The normalized spacial score (nSPS) is 15.0. The van der Waals surface area contributed by atoms with Crippen molar-refractivity contribution in [2.75, 3.05) is 0 Å². The molecule has 0 spiro atoms. The maximum atomic E-state index is 15.8. The number of benzene rings is 3. The minimum Gasteiger partial charge on any atom is -0.454 e. The van der Waals surface area contributed by atoms with E-state index < -0.39 is 0 Å². The molecule has 0 saturated heterocycles. The van der Waals surface area contributed by atoms with E-state index in [1.54, 1.807) is 6.07 Å². The Bertz CT molecular complexity index is 1710. The number of rotatable bonds is 2. The number of aromatic nitrogens is 1. The molecule has 1 aliphatic rings. The van der Waals surface area contributed by atoms with Crippen LogP contribution in [0.2, 0.25) is 0 Å². The molecule has 0 atom stereocenters. The zero-order valence-corrected chi connectivity index (χ0v) is 22.9. The molecule has 0 aliphatic heterocycles. The molecule has 0 unspecified atom stereocenters. The molecule has 2 nitrogen and oxygen atoms in total. The van der Waals surface area contributed by atoms with Crippen LogP contribution in [-0.2, 0) is 25.3 Å². The molecule has 3 heteroatoms. The average molecular weight is 493 g/mol. The van der Waals surface area contributed by atoms with Crippen LogP contribution in [0.25, 0.3) is 44.3 Å². The van der Waals surface area contributed by atoms with Gasteiger partial charge in [-0.05, 0) is 76.6 Å². The van der Waals surface area contributed by atoms with Crippen molar-refractivity contribution in [2.45, 2.75) is 59.8 Å². The lowest BCUT2D eigenvalue weighted by molar-refractivity contribution is -0.660. The molecule has 2 aromatic heterocycles. The van der Waals surface area contributed by atoms with E-state index in [0.29, 0.717) is 11.1 Å². The highest BCUT2D eigenvalue weighted by Crippen LogP contribution is 2.46. The van der Waals surface area contributed by atoms with Gasteiger partial charge >= 0.3 is 0 Å². The molecule has 0 fully saturated rings. The maximum Gasteiger partial charge on any atom is 0.216 e. The van der Waals surface area contributed by atoms with Gasteiger partial charge in [-0.2, -0.15) is 0 Å². The van der Waals surface area contributed by atoms with Gasteiger partial charge < -0.3 is 4.42 Å². The first kappa shape index (κ1) is 23.9. The van der Waals surface area contributed by atoms with E-state index in [1.165, 1.54) is 16.7 Å². The van der Waals surface area contributed by atoms with E-state index in [1.807, 2.05) is 31.4 Å². The van der Waals surface area contributed by atoms with E-state index >= 15 is 4.39 Å². The molecule has 5 aromatic rings. The molecule has 37 heavy (non-hydrogen) atoms. The maximum absolute atomic E-state index is 15.8. The Morgan fingerprint density at radius 1 is 0.892 bits per heavy atom. The van der Waals surface area contributed by atoms with E-state index in [4.69, 9.17) is 4.42 Å². The van der Waals surface area contributed by atoms with E-state index in [0.717, 1.165) is 51.6 Å². The summed E-state index contributed by atoms with van der Waals surface area (Å²) in [5, 5.41) is 1.96. The number of nitrogens with zero attached hydrogens (tertiary/aromatic N) is 1. The van der Waals surface area contributed by atoms with Gasteiger partial charge in [-0.3, -0.25) is 0 Å².